The molecule has 2 N–H and O–H groups in total. The van der Waals surface area contributed by atoms with E-state index in [1.54, 1.807) is 43.0 Å². The molecule has 0 aliphatic rings. The van der Waals surface area contributed by atoms with Crippen LogP contribution in [-0.4, -0.2) is 26.0 Å². The van der Waals surface area contributed by atoms with Crippen molar-refractivity contribution in [3.05, 3.63) is 24.3 Å². The number of rotatable bonds is 5. The Labute approximate surface area is 112 Å². The van der Waals surface area contributed by atoms with Gasteiger partial charge in [-0.2, -0.15) is 5.26 Å². The highest BCUT2D eigenvalue weighted by Crippen LogP contribution is 2.22. The van der Waals surface area contributed by atoms with Gasteiger partial charge in [0.25, 0.3) is 0 Å². The maximum atomic E-state index is 11.3. The van der Waals surface area contributed by atoms with Gasteiger partial charge in [0.15, 0.2) is 9.84 Å². The van der Waals surface area contributed by atoms with Crippen molar-refractivity contribution in [2.75, 3.05) is 12.0 Å². The van der Waals surface area contributed by atoms with Crippen LogP contribution in [0.5, 0.6) is 0 Å². The maximum absolute atomic E-state index is 11.3. The Balaban J connectivity index is 2.59. The lowest BCUT2D eigenvalue weighted by Gasteiger charge is -2.14. The molecular formula is C12H16N2O2S2. The van der Waals surface area contributed by atoms with Crippen LogP contribution in [0.1, 0.15) is 13.3 Å². The SMILES string of the molecule is CC(N)(C#N)CCSc1ccc(S(C)(=O)=O)cc1. The summed E-state index contributed by atoms with van der Waals surface area (Å²) in [6, 6.07) is 8.75. The minimum absolute atomic E-state index is 0.313. The van der Waals surface area contributed by atoms with Gasteiger partial charge < -0.3 is 5.73 Å². The summed E-state index contributed by atoms with van der Waals surface area (Å²) in [5.41, 5.74) is 4.90. The zero-order valence-corrected chi connectivity index (χ0v) is 12.0. The molecule has 0 radical (unpaired) electrons. The second kappa shape index (κ2) is 5.74. The smallest absolute Gasteiger partial charge is 0.175 e. The lowest BCUT2D eigenvalue weighted by molar-refractivity contribution is 0.583. The largest absolute Gasteiger partial charge is 0.314 e. The first kappa shape index (κ1) is 15.0. The highest BCUT2D eigenvalue weighted by molar-refractivity contribution is 7.99. The second-order valence-corrected chi connectivity index (χ2v) is 7.56. The third-order valence-electron chi connectivity index (χ3n) is 2.40. The number of nitrogens with zero attached hydrogens (tertiary/aromatic N) is 1. The Morgan fingerprint density at radius 3 is 2.39 bits per heavy atom. The fraction of sp³-hybridized carbons (Fsp3) is 0.417. The van der Waals surface area contributed by atoms with E-state index in [1.165, 1.54) is 6.26 Å². The summed E-state index contributed by atoms with van der Waals surface area (Å²) in [5.74, 6) is 0.721. The van der Waals surface area contributed by atoms with Crippen molar-refractivity contribution in [3.63, 3.8) is 0 Å². The van der Waals surface area contributed by atoms with Crippen LogP contribution in [0.15, 0.2) is 34.1 Å². The van der Waals surface area contributed by atoms with Crippen molar-refractivity contribution in [1.29, 1.82) is 5.26 Å². The zero-order valence-electron chi connectivity index (χ0n) is 10.4. The van der Waals surface area contributed by atoms with E-state index < -0.39 is 15.4 Å². The molecule has 1 unspecified atom stereocenters. The minimum Gasteiger partial charge on any atom is -0.314 e. The van der Waals surface area contributed by atoms with Gasteiger partial charge in [-0.05, 0) is 37.6 Å². The van der Waals surface area contributed by atoms with Gasteiger partial charge in [-0.3, -0.25) is 0 Å². The number of sulfone groups is 1. The molecule has 0 bridgehead atoms. The first-order valence-electron chi connectivity index (χ1n) is 5.38. The van der Waals surface area contributed by atoms with E-state index in [9.17, 15) is 8.42 Å². The average Bonchev–Trinajstić information content (AvgIpc) is 2.28. The topological polar surface area (TPSA) is 83.9 Å². The molecule has 6 heteroatoms. The molecule has 0 spiro atoms. The Kier molecular flexibility index (Phi) is 4.79. The van der Waals surface area contributed by atoms with Gasteiger partial charge >= 0.3 is 0 Å². The standard InChI is InChI=1S/C12H16N2O2S2/c1-12(14,9-13)7-8-17-10-3-5-11(6-4-10)18(2,15)16/h3-6H,7-8,14H2,1-2H3. The molecule has 0 saturated heterocycles. The summed E-state index contributed by atoms with van der Waals surface area (Å²) in [7, 11) is -3.14. The molecule has 0 heterocycles. The molecule has 4 nitrogen and oxygen atoms in total. The molecule has 0 amide bonds. The molecule has 1 atom stereocenters. The van der Waals surface area contributed by atoms with E-state index in [0.29, 0.717) is 11.3 Å². The Bertz CT molecular complexity index is 542. The summed E-state index contributed by atoms with van der Waals surface area (Å²) in [6.45, 7) is 1.69. The maximum Gasteiger partial charge on any atom is 0.175 e. The number of hydrogen-bond acceptors (Lipinski definition) is 5. The van der Waals surface area contributed by atoms with Crippen LogP contribution in [0.4, 0.5) is 0 Å². The number of thioether (sulfide) groups is 1. The predicted molar refractivity (Wildman–Crippen MR) is 73.1 cm³/mol. The lowest BCUT2D eigenvalue weighted by Crippen LogP contribution is -2.34. The number of benzene rings is 1. The van der Waals surface area contributed by atoms with E-state index in [1.807, 2.05) is 6.07 Å². The summed E-state index contributed by atoms with van der Waals surface area (Å²) in [5, 5.41) is 8.77. The molecule has 0 aliphatic carbocycles. The van der Waals surface area contributed by atoms with Crippen molar-refractivity contribution < 1.29 is 8.42 Å². The molecule has 1 aromatic carbocycles. The van der Waals surface area contributed by atoms with Gasteiger partial charge in [0.1, 0.15) is 5.54 Å². The third kappa shape index (κ3) is 4.69. The first-order chi connectivity index (χ1) is 8.24. The fourth-order valence-corrected chi connectivity index (χ4v) is 2.94. The molecular weight excluding hydrogens is 268 g/mol. The van der Waals surface area contributed by atoms with Crippen LogP contribution in [0.25, 0.3) is 0 Å². The molecule has 0 aliphatic heterocycles. The quantitative estimate of drug-likeness (QED) is 0.834. The van der Waals surface area contributed by atoms with Gasteiger partial charge in [-0.1, -0.05) is 0 Å². The van der Waals surface area contributed by atoms with E-state index in [0.717, 1.165) is 10.6 Å². The molecule has 0 saturated carbocycles. The highest BCUT2D eigenvalue weighted by atomic mass is 32.2. The second-order valence-electron chi connectivity index (χ2n) is 4.37. The summed E-state index contributed by atoms with van der Waals surface area (Å²) < 4.78 is 22.5. The average molecular weight is 284 g/mol. The molecule has 18 heavy (non-hydrogen) atoms. The van der Waals surface area contributed by atoms with Gasteiger partial charge in [0.2, 0.25) is 0 Å². The van der Waals surface area contributed by atoms with Crippen LogP contribution < -0.4 is 5.73 Å². The summed E-state index contributed by atoms with van der Waals surface area (Å²) >= 11 is 1.56. The fourth-order valence-electron chi connectivity index (χ4n) is 1.22. The van der Waals surface area contributed by atoms with E-state index >= 15 is 0 Å². The van der Waals surface area contributed by atoms with Crippen LogP contribution >= 0.6 is 11.8 Å². The number of nitriles is 1. The van der Waals surface area contributed by atoms with Gasteiger partial charge in [-0.25, -0.2) is 8.42 Å². The molecule has 0 aromatic heterocycles. The van der Waals surface area contributed by atoms with Crippen molar-refractivity contribution >= 4 is 21.6 Å². The molecule has 1 rings (SSSR count). The van der Waals surface area contributed by atoms with Crippen LogP contribution in [-0.2, 0) is 9.84 Å². The van der Waals surface area contributed by atoms with E-state index in [-0.39, 0.29) is 0 Å². The monoisotopic (exact) mass is 284 g/mol. The van der Waals surface area contributed by atoms with Crippen molar-refractivity contribution in [3.8, 4) is 6.07 Å². The van der Waals surface area contributed by atoms with Gasteiger partial charge in [0.05, 0.1) is 11.0 Å². The zero-order chi connectivity index (χ0) is 13.8. The Morgan fingerprint density at radius 1 is 1.39 bits per heavy atom. The van der Waals surface area contributed by atoms with Crippen molar-refractivity contribution in [1.82, 2.24) is 0 Å². The normalized spacial score (nSPS) is 14.8. The van der Waals surface area contributed by atoms with Crippen molar-refractivity contribution in [2.45, 2.75) is 28.7 Å². The van der Waals surface area contributed by atoms with Crippen molar-refractivity contribution in [2.24, 2.45) is 5.73 Å². The predicted octanol–water partition coefficient (Wildman–Crippen LogP) is 1.81. The van der Waals surface area contributed by atoms with E-state index in [4.69, 9.17) is 11.0 Å². The van der Waals surface area contributed by atoms with Gasteiger partial charge in [0, 0.05) is 16.9 Å². The molecule has 98 valence electrons. The third-order valence-corrected chi connectivity index (χ3v) is 4.54. The van der Waals surface area contributed by atoms with Crippen LogP contribution in [0.2, 0.25) is 0 Å². The van der Waals surface area contributed by atoms with Gasteiger partial charge in [-0.15, -0.1) is 11.8 Å². The number of nitrogens with two attached hydrogens (primary N) is 1. The first-order valence-corrected chi connectivity index (χ1v) is 8.25. The summed E-state index contributed by atoms with van der Waals surface area (Å²) in [6.07, 6.45) is 1.77. The Hall–Kier alpha value is -1.03. The Morgan fingerprint density at radius 2 is 1.94 bits per heavy atom. The van der Waals surface area contributed by atoms with Crippen LogP contribution in [0.3, 0.4) is 0 Å². The van der Waals surface area contributed by atoms with Crippen LogP contribution in [0, 0.1) is 11.3 Å². The molecule has 0 fully saturated rings. The highest BCUT2D eigenvalue weighted by Gasteiger charge is 2.16. The number of hydrogen-bond donors (Lipinski definition) is 1. The molecule has 1 aromatic rings. The summed E-state index contributed by atoms with van der Waals surface area (Å²) in [4.78, 5) is 1.28. The lowest BCUT2D eigenvalue weighted by atomic mass is 10.0. The minimum atomic E-state index is -3.14. The van der Waals surface area contributed by atoms with E-state index in [2.05, 4.69) is 0 Å².